The van der Waals surface area contributed by atoms with E-state index >= 15 is 0 Å². The summed E-state index contributed by atoms with van der Waals surface area (Å²) >= 11 is 5.95. The zero-order valence-electron chi connectivity index (χ0n) is 11.4. The number of methoxy groups -OCH3 is 1. The van der Waals surface area contributed by atoms with Gasteiger partial charge in [0.25, 0.3) is 0 Å². The summed E-state index contributed by atoms with van der Waals surface area (Å²) in [4.78, 5) is 0. The van der Waals surface area contributed by atoms with Crippen LogP contribution in [-0.2, 0) is 12.3 Å². The smallest absolute Gasteiger partial charge is 0.127 e. The fourth-order valence-electron chi connectivity index (χ4n) is 2.61. The van der Waals surface area contributed by atoms with Gasteiger partial charge in [0, 0.05) is 17.5 Å². The molecule has 1 unspecified atom stereocenters. The van der Waals surface area contributed by atoms with Crippen molar-refractivity contribution in [1.29, 1.82) is 0 Å². The predicted octanol–water partition coefficient (Wildman–Crippen LogP) is 4.15. The van der Waals surface area contributed by atoms with E-state index in [1.807, 2.05) is 18.2 Å². The molecule has 0 radical (unpaired) electrons. The molecule has 0 fully saturated rings. The number of rotatable bonds is 5. The quantitative estimate of drug-likeness (QED) is 0.770. The number of halogens is 1. The molecule has 2 nitrogen and oxygen atoms in total. The first-order chi connectivity index (χ1) is 9.81. The van der Waals surface area contributed by atoms with Gasteiger partial charge >= 0.3 is 0 Å². The summed E-state index contributed by atoms with van der Waals surface area (Å²) in [5.41, 5.74) is 3.84. The van der Waals surface area contributed by atoms with E-state index in [1.165, 1.54) is 11.1 Å². The Labute approximate surface area is 124 Å². The Morgan fingerprint density at radius 2 is 2.05 bits per heavy atom. The molecule has 0 saturated heterocycles. The highest BCUT2D eigenvalue weighted by atomic mass is 35.5. The third-order valence-electron chi connectivity index (χ3n) is 3.82. The standard InChI is InChI=1S/C17H17ClO2/c1-19-15-7-6-13(10-18)17(9-15)20-11-14-8-12-4-2-3-5-16(12)14/h2-7,9,14H,8,10-11H2,1H3. The van der Waals surface area contributed by atoms with E-state index in [4.69, 9.17) is 21.1 Å². The zero-order valence-corrected chi connectivity index (χ0v) is 12.2. The van der Waals surface area contributed by atoms with E-state index in [-0.39, 0.29) is 0 Å². The van der Waals surface area contributed by atoms with Gasteiger partial charge < -0.3 is 9.47 Å². The number of benzene rings is 2. The van der Waals surface area contributed by atoms with Crippen LogP contribution in [0.25, 0.3) is 0 Å². The van der Waals surface area contributed by atoms with Crippen LogP contribution >= 0.6 is 11.6 Å². The maximum Gasteiger partial charge on any atom is 0.127 e. The molecule has 0 bridgehead atoms. The first-order valence-corrected chi connectivity index (χ1v) is 7.28. The topological polar surface area (TPSA) is 18.5 Å². The molecule has 1 aliphatic carbocycles. The van der Waals surface area contributed by atoms with E-state index in [1.54, 1.807) is 7.11 Å². The van der Waals surface area contributed by atoms with Crippen LogP contribution in [0, 0.1) is 0 Å². The molecule has 2 aromatic carbocycles. The number of hydrogen-bond acceptors (Lipinski definition) is 2. The molecule has 0 aromatic heterocycles. The van der Waals surface area contributed by atoms with Crippen molar-refractivity contribution in [3.63, 3.8) is 0 Å². The first kappa shape index (κ1) is 13.3. The third kappa shape index (κ3) is 2.48. The Hall–Kier alpha value is -1.67. The highest BCUT2D eigenvalue weighted by molar-refractivity contribution is 6.17. The Morgan fingerprint density at radius 1 is 1.20 bits per heavy atom. The van der Waals surface area contributed by atoms with Crippen molar-refractivity contribution in [3.8, 4) is 11.5 Å². The fourth-order valence-corrected chi connectivity index (χ4v) is 2.83. The monoisotopic (exact) mass is 288 g/mol. The maximum atomic E-state index is 5.97. The van der Waals surface area contributed by atoms with E-state index in [0.717, 1.165) is 23.5 Å². The van der Waals surface area contributed by atoms with Gasteiger partial charge in [-0.2, -0.15) is 0 Å². The molecule has 0 amide bonds. The lowest BCUT2D eigenvalue weighted by molar-refractivity contribution is 0.272. The van der Waals surface area contributed by atoms with Gasteiger partial charge in [0.15, 0.2) is 0 Å². The minimum atomic E-state index is 0.445. The highest BCUT2D eigenvalue weighted by Gasteiger charge is 2.26. The van der Waals surface area contributed by atoms with Crippen LogP contribution in [0.5, 0.6) is 11.5 Å². The van der Waals surface area contributed by atoms with E-state index < -0.39 is 0 Å². The molecule has 1 atom stereocenters. The Kier molecular flexibility index (Phi) is 3.83. The molecule has 1 aliphatic rings. The molecule has 0 N–H and O–H groups in total. The zero-order chi connectivity index (χ0) is 13.9. The summed E-state index contributed by atoms with van der Waals surface area (Å²) in [5.74, 6) is 2.55. The molecule has 104 valence electrons. The van der Waals surface area contributed by atoms with Crippen LogP contribution < -0.4 is 9.47 Å². The molecule has 3 rings (SSSR count). The second-order valence-corrected chi connectivity index (χ2v) is 5.29. The normalized spacial score (nSPS) is 16.2. The Bertz CT molecular complexity index is 610. The van der Waals surface area contributed by atoms with Crippen LogP contribution in [0.2, 0.25) is 0 Å². The molecular formula is C17H17ClO2. The van der Waals surface area contributed by atoms with E-state index in [0.29, 0.717) is 18.4 Å². The summed E-state index contributed by atoms with van der Waals surface area (Å²) in [6, 6.07) is 14.3. The SMILES string of the molecule is COc1ccc(CCl)c(OCC2Cc3ccccc32)c1. The summed E-state index contributed by atoms with van der Waals surface area (Å²) in [6.07, 6.45) is 1.09. The van der Waals surface area contributed by atoms with Crippen LogP contribution in [-0.4, -0.2) is 13.7 Å². The largest absolute Gasteiger partial charge is 0.497 e. The van der Waals surface area contributed by atoms with Crippen molar-refractivity contribution in [2.75, 3.05) is 13.7 Å². The van der Waals surface area contributed by atoms with Gasteiger partial charge in [-0.25, -0.2) is 0 Å². The minimum Gasteiger partial charge on any atom is -0.497 e. The average molecular weight is 289 g/mol. The highest BCUT2D eigenvalue weighted by Crippen LogP contribution is 2.36. The average Bonchev–Trinajstić information content (AvgIpc) is 2.48. The number of alkyl halides is 1. The molecule has 0 saturated carbocycles. The number of fused-ring (bicyclic) bond motifs is 1. The lowest BCUT2D eigenvalue weighted by Gasteiger charge is -2.30. The van der Waals surface area contributed by atoms with Gasteiger partial charge in [0.05, 0.1) is 19.6 Å². The second kappa shape index (κ2) is 5.76. The van der Waals surface area contributed by atoms with Crippen LogP contribution in [0.4, 0.5) is 0 Å². The molecular weight excluding hydrogens is 272 g/mol. The van der Waals surface area contributed by atoms with Crippen molar-refractivity contribution >= 4 is 11.6 Å². The van der Waals surface area contributed by atoms with Gasteiger partial charge in [0.1, 0.15) is 11.5 Å². The number of hydrogen-bond donors (Lipinski definition) is 0. The van der Waals surface area contributed by atoms with Crippen molar-refractivity contribution in [3.05, 3.63) is 59.2 Å². The summed E-state index contributed by atoms with van der Waals surface area (Å²) in [7, 11) is 1.65. The van der Waals surface area contributed by atoms with Gasteiger partial charge in [-0.1, -0.05) is 30.3 Å². The van der Waals surface area contributed by atoms with Gasteiger partial charge in [-0.3, -0.25) is 0 Å². The lowest BCUT2D eigenvalue weighted by Crippen LogP contribution is -2.23. The van der Waals surface area contributed by atoms with Crippen molar-refractivity contribution in [2.45, 2.75) is 18.2 Å². The van der Waals surface area contributed by atoms with E-state index in [9.17, 15) is 0 Å². The van der Waals surface area contributed by atoms with Crippen molar-refractivity contribution < 1.29 is 9.47 Å². The summed E-state index contributed by atoms with van der Waals surface area (Å²) < 4.78 is 11.2. The Balaban J connectivity index is 1.70. The fraction of sp³-hybridized carbons (Fsp3) is 0.294. The van der Waals surface area contributed by atoms with Crippen molar-refractivity contribution in [1.82, 2.24) is 0 Å². The Morgan fingerprint density at radius 3 is 2.80 bits per heavy atom. The number of ether oxygens (including phenoxy) is 2. The van der Waals surface area contributed by atoms with Gasteiger partial charge in [0.2, 0.25) is 0 Å². The summed E-state index contributed by atoms with van der Waals surface area (Å²) in [6.45, 7) is 0.689. The predicted molar refractivity (Wildman–Crippen MR) is 80.9 cm³/mol. The van der Waals surface area contributed by atoms with Crippen LogP contribution in [0.1, 0.15) is 22.6 Å². The summed E-state index contributed by atoms with van der Waals surface area (Å²) in [5, 5.41) is 0. The molecule has 2 aromatic rings. The third-order valence-corrected chi connectivity index (χ3v) is 4.11. The van der Waals surface area contributed by atoms with Crippen LogP contribution in [0.15, 0.2) is 42.5 Å². The molecule has 0 spiro atoms. The van der Waals surface area contributed by atoms with Crippen LogP contribution in [0.3, 0.4) is 0 Å². The first-order valence-electron chi connectivity index (χ1n) is 6.75. The van der Waals surface area contributed by atoms with Gasteiger partial charge in [-0.15, -0.1) is 11.6 Å². The molecule has 20 heavy (non-hydrogen) atoms. The lowest BCUT2D eigenvalue weighted by atomic mass is 9.78. The molecule has 0 aliphatic heterocycles. The van der Waals surface area contributed by atoms with Gasteiger partial charge in [-0.05, 0) is 23.6 Å². The van der Waals surface area contributed by atoms with E-state index in [2.05, 4.69) is 24.3 Å². The minimum absolute atomic E-state index is 0.445. The molecule has 3 heteroatoms. The maximum absolute atomic E-state index is 5.97. The second-order valence-electron chi connectivity index (χ2n) is 5.02. The van der Waals surface area contributed by atoms with Crippen molar-refractivity contribution in [2.24, 2.45) is 0 Å². The molecule has 0 heterocycles.